The molecule has 2 N–H and O–H groups in total. The van der Waals surface area contributed by atoms with Crippen LogP contribution in [0.15, 0.2) is 50.8 Å². The van der Waals surface area contributed by atoms with Crippen LogP contribution < -0.4 is 10.1 Å². The van der Waals surface area contributed by atoms with Gasteiger partial charge < -0.3 is 15.2 Å². The second-order valence-electron chi connectivity index (χ2n) is 5.63. The van der Waals surface area contributed by atoms with E-state index in [0.29, 0.717) is 27.1 Å². The van der Waals surface area contributed by atoms with E-state index >= 15 is 0 Å². The summed E-state index contributed by atoms with van der Waals surface area (Å²) < 4.78 is 6.33. The first-order valence-corrected chi connectivity index (χ1v) is 10.0. The van der Waals surface area contributed by atoms with Gasteiger partial charge in [0.1, 0.15) is 12.4 Å². The van der Waals surface area contributed by atoms with E-state index in [2.05, 4.69) is 32.2 Å². The molecule has 0 bridgehead atoms. The van der Waals surface area contributed by atoms with Crippen LogP contribution in [-0.2, 0) is 4.79 Å². The Balaban J connectivity index is 1.89. The Labute approximate surface area is 184 Å². The number of nitrogens with zero attached hydrogens (tertiary/aromatic N) is 1. The summed E-state index contributed by atoms with van der Waals surface area (Å²) in [6, 6.07) is 9.71. The monoisotopic (exact) mass is 490 g/mol. The van der Waals surface area contributed by atoms with Crippen molar-refractivity contribution in [3.63, 3.8) is 0 Å². The summed E-state index contributed by atoms with van der Waals surface area (Å²) in [4.78, 5) is 28.2. The molecular formula is C20H12BrClN2O4S. The second-order valence-corrected chi connectivity index (χ2v) is 7.98. The van der Waals surface area contributed by atoms with Gasteiger partial charge in [0.25, 0.3) is 5.91 Å². The Morgan fingerprint density at radius 2 is 2.17 bits per heavy atom. The summed E-state index contributed by atoms with van der Waals surface area (Å²) in [5.41, 5.74) is 0.965. The SMILES string of the molecule is C#CCOc1ccc(Br)cc1C=C1SC(=Nc2ccc(Cl)c(C(=O)O)c2)NC1=O. The number of nitrogens with one attached hydrogen (secondary N) is 1. The van der Waals surface area contributed by atoms with Crippen molar-refractivity contribution in [2.75, 3.05) is 6.61 Å². The summed E-state index contributed by atoms with van der Waals surface area (Å²) in [7, 11) is 0. The van der Waals surface area contributed by atoms with E-state index in [1.165, 1.54) is 12.1 Å². The number of rotatable bonds is 5. The molecule has 6 nitrogen and oxygen atoms in total. The van der Waals surface area contributed by atoms with Gasteiger partial charge >= 0.3 is 5.97 Å². The fourth-order valence-corrected chi connectivity index (χ4v) is 3.78. The van der Waals surface area contributed by atoms with Crippen LogP contribution in [0, 0.1) is 12.3 Å². The average molecular weight is 492 g/mol. The van der Waals surface area contributed by atoms with E-state index < -0.39 is 5.97 Å². The number of carbonyl (C=O) groups excluding carboxylic acids is 1. The Morgan fingerprint density at radius 1 is 1.38 bits per heavy atom. The number of thioether (sulfide) groups is 1. The molecule has 9 heteroatoms. The lowest BCUT2D eigenvalue weighted by Gasteiger charge is -2.07. The van der Waals surface area contributed by atoms with Crippen molar-refractivity contribution >= 4 is 68.1 Å². The molecule has 1 amide bonds. The van der Waals surface area contributed by atoms with Gasteiger partial charge in [-0.2, -0.15) is 0 Å². The number of aromatic carboxylic acids is 1. The first kappa shape index (κ1) is 21.0. The summed E-state index contributed by atoms with van der Waals surface area (Å²) in [5, 5.41) is 12.2. The van der Waals surface area contributed by atoms with E-state index in [1.807, 2.05) is 6.07 Å². The highest BCUT2D eigenvalue weighted by atomic mass is 79.9. The molecule has 2 aromatic rings. The first-order valence-electron chi connectivity index (χ1n) is 8.05. The molecular weight excluding hydrogens is 480 g/mol. The van der Waals surface area contributed by atoms with Crippen LogP contribution in [0.5, 0.6) is 5.75 Å². The summed E-state index contributed by atoms with van der Waals surface area (Å²) >= 11 is 10.4. The highest BCUT2D eigenvalue weighted by Crippen LogP contribution is 2.32. The lowest BCUT2D eigenvalue weighted by molar-refractivity contribution is -0.115. The van der Waals surface area contributed by atoms with Crippen molar-refractivity contribution in [2.24, 2.45) is 4.99 Å². The summed E-state index contributed by atoms with van der Waals surface area (Å²) in [5.74, 6) is 1.46. The van der Waals surface area contributed by atoms with E-state index in [4.69, 9.17) is 27.9 Å². The van der Waals surface area contributed by atoms with E-state index in [1.54, 1.807) is 24.3 Å². The molecule has 1 fully saturated rings. The summed E-state index contributed by atoms with van der Waals surface area (Å²) in [6.07, 6.45) is 6.91. The van der Waals surface area contributed by atoms with Gasteiger partial charge in [-0.15, -0.1) is 6.42 Å². The maximum Gasteiger partial charge on any atom is 0.337 e. The van der Waals surface area contributed by atoms with Gasteiger partial charge in [0.15, 0.2) is 5.17 Å². The molecule has 0 aliphatic carbocycles. The molecule has 1 aliphatic rings. The molecule has 0 atom stereocenters. The Bertz CT molecular complexity index is 1110. The predicted octanol–water partition coefficient (Wildman–Crippen LogP) is 4.70. The quantitative estimate of drug-likeness (QED) is 0.467. The minimum atomic E-state index is -1.16. The van der Waals surface area contributed by atoms with Crippen LogP contribution in [0.25, 0.3) is 6.08 Å². The zero-order valence-electron chi connectivity index (χ0n) is 14.6. The number of amidine groups is 1. The van der Waals surface area contributed by atoms with Gasteiger partial charge in [0.2, 0.25) is 0 Å². The summed E-state index contributed by atoms with van der Waals surface area (Å²) in [6.45, 7) is 0.104. The molecule has 1 heterocycles. The predicted molar refractivity (Wildman–Crippen MR) is 118 cm³/mol. The number of carbonyl (C=O) groups is 2. The van der Waals surface area contributed by atoms with Gasteiger partial charge in [-0.1, -0.05) is 33.5 Å². The van der Waals surface area contributed by atoms with Crippen LogP contribution in [0.4, 0.5) is 5.69 Å². The number of carboxylic acid groups (broad SMARTS) is 1. The van der Waals surface area contributed by atoms with Crippen LogP contribution >= 0.6 is 39.3 Å². The number of terminal acetylenes is 1. The molecule has 0 radical (unpaired) electrons. The zero-order chi connectivity index (χ0) is 21.0. The number of benzene rings is 2. The lowest BCUT2D eigenvalue weighted by Crippen LogP contribution is -2.19. The molecule has 3 rings (SSSR count). The largest absolute Gasteiger partial charge is 0.480 e. The van der Waals surface area contributed by atoms with Gasteiger partial charge in [-0.3, -0.25) is 4.79 Å². The third kappa shape index (κ3) is 5.21. The minimum Gasteiger partial charge on any atom is -0.480 e. The van der Waals surface area contributed by atoms with Crippen molar-refractivity contribution in [1.29, 1.82) is 0 Å². The lowest BCUT2D eigenvalue weighted by atomic mass is 10.2. The molecule has 146 valence electrons. The van der Waals surface area contributed by atoms with Gasteiger partial charge in [-0.05, 0) is 54.2 Å². The maximum atomic E-state index is 12.3. The molecule has 2 aromatic carbocycles. The standard InChI is InChI=1S/C20H12BrClN2O4S/c1-2-7-28-16-6-3-12(21)8-11(16)9-17-18(25)24-20(29-17)23-13-4-5-15(22)14(10-13)19(26)27/h1,3-6,8-10H,7H2,(H,26,27)(H,23,24,25). The molecule has 0 unspecified atom stereocenters. The number of hydrogen-bond donors (Lipinski definition) is 2. The van der Waals surface area contributed by atoms with Gasteiger partial charge in [0, 0.05) is 10.0 Å². The second kappa shape index (κ2) is 9.18. The van der Waals surface area contributed by atoms with Crippen molar-refractivity contribution in [1.82, 2.24) is 5.32 Å². The molecule has 29 heavy (non-hydrogen) atoms. The number of halogens is 2. The van der Waals surface area contributed by atoms with Crippen LogP contribution in [0.2, 0.25) is 5.02 Å². The molecule has 1 saturated heterocycles. The van der Waals surface area contributed by atoms with Crippen molar-refractivity contribution in [3.8, 4) is 18.1 Å². The van der Waals surface area contributed by atoms with Crippen LogP contribution in [0.3, 0.4) is 0 Å². The van der Waals surface area contributed by atoms with Crippen molar-refractivity contribution in [3.05, 3.63) is 61.9 Å². The highest BCUT2D eigenvalue weighted by Gasteiger charge is 2.24. The molecule has 0 spiro atoms. The number of hydrogen-bond acceptors (Lipinski definition) is 5. The Morgan fingerprint density at radius 3 is 2.90 bits per heavy atom. The maximum absolute atomic E-state index is 12.3. The number of carboxylic acids is 1. The van der Waals surface area contributed by atoms with Crippen molar-refractivity contribution < 1.29 is 19.4 Å². The van der Waals surface area contributed by atoms with E-state index in [9.17, 15) is 9.59 Å². The molecule has 1 aliphatic heterocycles. The molecule has 0 aromatic heterocycles. The van der Waals surface area contributed by atoms with Crippen LogP contribution in [0.1, 0.15) is 15.9 Å². The fraction of sp³-hybridized carbons (Fsp3) is 0.0500. The third-order valence-corrected chi connectivity index (χ3v) is 5.36. The smallest absolute Gasteiger partial charge is 0.337 e. The van der Waals surface area contributed by atoms with Crippen molar-refractivity contribution in [2.45, 2.75) is 0 Å². The number of aliphatic imine (C=N–C) groups is 1. The Hall–Kier alpha value is -2.73. The van der Waals surface area contributed by atoms with Crippen LogP contribution in [-0.4, -0.2) is 28.8 Å². The zero-order valence-corrected chi connectivity index (χ0v) is 17.8. The minimum absolute atomic E-state index is 0.0666. The van der Waals surface area contributed by atoms with E-state index in [0.717, 1.165) is 16.2 Å². The van der Waals surface area contributed by atoms with E-state index in [-0.39, 0.29) is 23.1 Å². The van der Waals surface area contributed by atoms with Gasteiger partial charge in [-0.25, -0.2) is 9.79 Å². The normalized spacial score (nSPS) is 16.0. The molecule has 0 saturated carbocycles. The number of ether oxygens (including phenoxy) is 1. The Kier molecular flexibility index (Phi) is 6.64. The fourth-order valence-electron chi connectivity index (χ4n) is 2.37. The number of amides is 1. The average Bonchev–Trinajstić information content (AvgIpc) is 3.01. The topological polar surface area (TPSA) is 88.0 Å². The van der Waals surface area contributed by atoms with Gasteiger partial charge in [0.05, 0.1) is 21.2 Å². The first-order chi connectivity index (χ1) is 13.9. The third-order valence-electron chi connectivity index (χ3n) is 3.63. The highest BCUT2D eigenvalue weighted by molar-refractivity contribution is 9.10.